The van der Waals surface area contributed by atoms with Gasteiger partial charge in [0.05, 0.1) is 0 Å². The third-order valence-electron chi connectivity index (χ3n) is 14.0. The lowest BCUT2D eigenvalue weighted by molar-refractivity contribution is -0.0502. The number of fused-ring (bicyclic) bond motifs is 5. The third-order valence-corrected chi connectivity index (χ3v) is 14.0. The molecule has 1 amide bonds. The average molecular weight is 641 g/mol. The van der Waals surface area contributed by atoms with Crippen LogP contribution in [0, 0.1) is 58.2 Å². The van der Waals surface area contributed by atoms with Crippen molar-refractivity contribution >= 4 is 6.09 Å². The Hall–Kier alpha value is -1.37. The van der Waals surface area contributed by atoms with Gasteiger partial charge in [-0.1, -0.05) is 65.3 Å². The normalized spacial score (nSPS) is 34.5. The van der Waals surface area contributed by atoms with Crippen LogP contribution in [0.15, 0.2) is 23.8 Å². The molecule has 0 saturated heterocycles. The van der Waals surface area contributed by atoms with Crippen LogP contribution < -0.4 is 16.8 Å². The molecule has 3 fully saturated rings. The van der Waals surface area contributed by atoms with E-state index in [1.165, 1.54) is 57.8 Å². The summed E-state index contributed by atoms with van der Waals surface area (Å²) >= 11 is 0. The van der Waals surface area contributed by atoms with Crippen LogP contribution in [0.1, 0.15) is 125 Å². The predicted molar refractivity (Wildman–Crippen MR) is 194 cm³/mol. The molecule has 0 spiro atoms. The second-order valence-corrected chi connectivity index (χ2v) is 16.8. The first-order chi connectivity index (χ1) is 22.0. The lowest BCUT2D eigenvalue weighted by atomic mass is 9.46. The minimum Gasteiger partial charge on any atom is -0.465 e. The molecule has 0 aliphatic heterocycles. The highest BCUT2D eigenvalue weighted by Crippen LogP contribution is 2.67. The smallest absolute Gasteiger partial charge is 0.407 e. The van der Waals surface area contributed by atoms with E-state index in [1.807, 2.05) is 0 Å². The fraction of sp³-hybridized carbons (Fsp3) is 0.875. The minimum atomic E-state index is -0.823. The molecule has 0 aromatic heterocycles. The Morgan fingerprint density at radius 2 is 1.76 bits per heavy atom. The largest absolute Gasteiger partial charge is 0.465 e. The molecule has 6 N–H and O–H groups in total. The zero-order valence-corrected chi connectivity index (χ0v) is 30.6. The summed E-state index contributed by atoms with van der Waals surface area (Å²) in [4.78, 5) is 13.3. The number of hydrogen-bond acceptors (Lipinski definition) is 4. The highest BCUT2D eigenvalue weighted by atomic mass is 16.4. The van der Waals surface area contributed by atoms with Crippen molar-refractivity contribution in [1.82, 2.24) is 10.2 Å². The van der Waals surface area contributed by atoms with Gasteiger partial charge in [0.2, 0.25) is 0 Å². The van der Waals surface area contributed by atoms with Crippen molar-refractivity contribution in [3.63, 3.8) is 0 Å². The molecule has 0 bridgehead atoms. The highest BCUT2D eigenvalue weighted by molar-refractivity contribution is 5.64. The van der Waals surface area contributed by atoms with Crippen molar-refractivity contribution < 1.29 is 9.90 Å². The molecule has 0 aromatic carbocycles. The number of allylic oxidation sites excluding steroid dienone is 4. The van der Waals surface area contributed by atoms with Gasteiger partial charge in [0, 0.05) is 19.1 Å². The Morgan fingerprint density at radius 3 is 2.43 bits per heavy atom. The Bertz CT molecular complexity index is 1030. The van der Waals surface area contributed by atoms with E-state index in [9.17, 15) is 9.90 Å². The SMILES string of the molecule is CC[C@H](/C=C/[C@@H](C)[C@H]1CC[C@H]2[C@@H]3CC=C4C[C@@H](C(CCCN(CCCN)C(=O)O)NCCCN)CC[C@]4(C)[C@H]3CC[C@]12C)C(C)C. The van der Waals surface area contributed by atoms with Crippen molar-refractivity contribution in [3.8, 4) is 0 Å². The van der Waals surface area contributed by atoms with Crippen molar-refractivity contribution in [2.24, 2.45) is 69.6 Å². The summed E-state index contributed by atoms with van der Waals surface area (Å²) in [6.45, 7) is 18.2. The van der Waals surface area contributed by atoms with Gasteiger partial charge in [-0.15, -0.1) is 0 Å². The van der Waals surface area contributed by atoms with E-state index in [1.54, 1.807) is 10.5 Å². The number of hydrogen-bond donors (Lipinski definition) is 4. The number of nitrogens with two attached hydrogens (primary N) is 2. The maximum atomic E-state index is 11.8. The molecular formula is C40H72N4O2. The Labute approximate surface area is 283 Å². The Kier molecular flexibility index (Phi) is 13.7. The standard InChI is InChI=1S/C40H72N4O2/c1-7-30(28(2)3)13-12-29(4)34-16-17-35-33-15-14-32-27-31(18-20-39(32,5)36(33)19-21-40(34,35)6)37(43-24-9-22-41)11-8-25-44(38(45)46)26-10-23-42/h12-14,28-31,33-37,43H,7-11,15-27,41-42H2,1-6H3,(H,45,46)/b13-12+/t29-,30-,31+,33+,34-,35+,36+,37?,39+,40-/m1/s1. The molecule has 4 rings (SSSR count). The molecule has 264 valence electrons. The number of rotatable bonds is 17. The molecule has 0 aromatic rings. The van der Waals surface area contributed by atoms with Crippen LogP contribution in [0.3, 0.4) is 0 Å². The van der Waals surface area contributed by atoms with Crippen LogP contribution in [0.2, 0.25) is 0 Å². The number of amides is 1. The number of carbonyl (C=O) groups is 1. The first-order valence-corrected chi connectivity index (χ1v) is 19.5. The molecule has 4 aliphatic carbocycles. The maximum absolute atomic E-state index is 11.8. The first kappa shape index (κ1) is 37.4. The van der Waals surface area contributed by atoms with Crippen LogP contribution >= 0.6 is 0 Å². The second-order valence-electron chi connectivity index (χ2n) is 16.8. The van der Waals surface area contributed by atoms with E-state index in [2.05, 4.69) is 65.1 Å². The van der Waals surface area contributed by atoms with Gasteiger partial charge in [0.15, 0.2) is 0 Å². The van der Waals surface area contributed by atoms with Crippen molar-refractivity contribution in [1.29, 1.82) is 0 Å². The predicted octanol–water partition coefficient (Wildman–Crippen LogP) is 8.47. The van der Waals surface area contributed by atoms with Gasteiger partial charge in [0.25, 0.3) is 0 Å². The lowest BCUT2D eigenvalue weighted by Gasteiger charge is -2.59. The van der Waals surface area contributed by atoms with E-state index >= 15 is 0 Å². The number of carboxylic acid groups (broad SMARTS) is 1. The summed E-state index contributed by atoms with van der Waals surface area (Å²) < 4.78 is 0. The van der Waals surface area contributed by atoms with Crippen molar-refractivity contribution in [2.75, 3.05) is 32.7 Å². The third kappa shape index (κ3) is 8.25. The molecule has 0 radical (unpaired) electrons. The summed E-state index contributed by atoms with van der Waals surface area (Å²) in [5.41, 5.74) is 14.1. The van der Waals surface area contributed by atoms with Crippen LogP contribution in [0.25, 0.3) is 0 Å². The van der Waals surface area contributed by atoms with E-state index in [0.29, 0.717) is 60.8 Å². The number of nitrogens with one attached hydrogen (secondary N) is 1. The van der Waals surface area contributed by atoms with Crippen molar-refractivity contribution in [2.45, 2.75) is 131 Å². The monoisotopic (exact) mass is 641 g/mol. The summed E-state index contributed by atoms with van der Waals surface area (Å²) in [7, 11) is 0. The quantitative estimate of drug-likeness (QED) is 0.0943. The van der Waals surface area contributed by atoms with Crippen LogP contribution in [0.4, 0.5) is 4.79 Å². The zero-order chi connectivity index (χ0) is 33.5. The molecule has 3 saturated carbocycles. The van der Waals surface area contributed by atoms with E-state index < -0.39 is 6.09 Å². The molecule has 1 unspecified atom stereocenters. The van der Waals surface area contributed by atoms with Crippen LogP contribution in [0.5, 0.6) is 0 Å². The number of nitrogens with zero attached hydrogens (tertiary/aromatic N) is 1. The van der Waals surface area contributed by atoms with Crippen molar-refractivity contribution in [3.05, 3.63) is 23.8 Å². The van der Waals surface area contributed by atoms with E-state index in [-0.39, 0.29) is 0 Å². The van der Waals surface area contributed by atoms with Gasteiger partial charge < -0.3 is 26.8 Å². The van der Waals surface area contributed by atoms with Crippen LogP contribution in [-0.2, 0) is 0 Å². The summed E-state index contributed by atoms with van der Waals surface area (Å²) in [5.74, 6) is 6.08. The molecule has 6 heteroatoms. The van der Waals surface area contributed by atoms with E-state index in [0.717, 1.165) is 61.8 Å². The zero-order valence-electron chi connectivity index (χ0n) is 30.6. The average Bonchev–Trinajstić information content (AvgIpc) is 3.38. The summed E-state index contributed by atoms with van der Waals surface area (Å²) in [6, 6.07) is 0.419. The lowest BCUT2D eigenvalue weighted by Crippen LogP contribution is -2.51. The maximum Gasteiger partial charge on any atom is 0.407 e. The molecule has 0 heterocycles. The molecule has 4 aliphatic rings. The van der Waals surface area contributed by atoms with E-state index in [4.69, 9.17) is 11.5 Å². The van der Waals surface area contributed by atoms with Crippen LogP contribution in [-0.4, -0.2) is 54.9 Å². The fourth-order valence-corrected chi connectivity index (χ4v) is 11.2. The van der Waals surface area contributed by atoms with Gasteiger partial charge in [-0.25, -0.2) is 4.79 Å². The molecule has 46 heavy (non-hydrogen) atoms. The summed E-state index contributed by atoms with van der Waals surface area (Å²) in [6.07, 6.45) is 22.6. The minimum absolute atomic E-state index is 0.347. The van der Waals surface area contributed by atoms with Gasteiger partial charge in [0.1, 0.15) is 0 Å². The van der Waals surface area contributed by atoms with Gasteiger partial charge in [-0.2, -0.15) is 0 Å². The van der Waals surface area contributed by atoms with Gasteiger partial charge >= 0.3 is 6.09 Å². The van der Waals surface area contributed by atoms with Gasteiger partial charge in [-0.3, -0.25) is 0 Å². The van der Waals surface area contributed by atoms with Gasteiger partial charge in [-0.05, 0) is 161 Å². The first-order valence-electron chi connectivity index (χ1n) is 19.5. The molecule has 10 atom stereocenters. The Balaban J connectivity index is 1.42. The molecule has 6 nitrogen and oxygen atoms in total. The topological polar surface area (TPSA) is 105 Å². The highest BCUT2D eigenvalue weighted by Gasteiger charge is 2.59. The molecular weight excluding hydrogens is 568 g/mol. The fourth-order valence-electron chi connectivity index (χ4n) is 11.2. The summed E-state index contributed by atoms with van der Waals surface area (Å²) in [5, 5.41) is 13.6. The second kappa shape index (κ2) is 16.8. The Morgan fingerprint density at radius 1 is 1.02 bits per heavy atom.